The van der Waals surface area contributed by atoms with Crippen molar-refractivity contribution in [2.24, 2.45) is 5.73 Å². The molecule has 0 amide bonds. The van der Waals surface area contributed by atoms with Gasteiger partial charge in [0.05, 0.1) is 0 Å². The summed E-state index contributed by atoms with van der Waals surface area (Å²) in [5.41, 5.74) is 9.80. The normalized spacial score (nSPS) is 11.2. The highest BCUT2D eigenvalue weighted by Crippen LogP contribution is 2.17. The minimum absolute atomic E-state index is 0.736. The maximum Gasteiger partial charge on any atom is 0.0393 e. The lowest BCUT2D eigenvalue weighted by Gasteiger charge is -2.04. The SMILES string of the molecule is C=C(/C=C(\N)c1ccccc1)c1ccccc1. The molecule has 0 aromatic heterocycles. The van der Waals surface area contributed by atoms with Crippen molar-refractivity contribution in [1.82, 2.24) is 0 Å². The molecule has 0 aliphatic heterocycles. The van der Waals surface area contributed by atoms with E-state index in [0.717, 1.165) is 22.4 Å². The first-order valence-electron chi connectivity index (χ1n) is 5.54. The van der Waals surface area contributed by atoms with Gasteiger partial charge in [0.2, 0.25) is 0 Å². The first kappa shape index (κ1) is 11.2. The van der Waals surface area contributed by atoms with Crippen molar-refractivity contribution in [2.45, 2.75) is 0 Å². The standard InChI is InChI=1S/C16H15N/c1-13(14-8-4-2-5-9-14)12-16(17)15-10-6-3-7-11-15/h2-12H,1,17H2/b16-12-. The van der Waals surface area contributed by atoms with Crippen LogP contribution in [0, 0.1) is 0 Å². The molecule has 2 aromatic carbocycles. The Hall–Kier alpha value is -2.28. The van der Waals surface area contributed by atoms with Gasteiger partial charge in [0.25, 0.3) is 0 Å². The first-order valence-corrected chi connectivity index (χ1v) is 5.54. The lowest BCUT2D eigenvalue weighted by molar-refractivity contribution is 1.51. The van der Waals surface area contributed by atoms with Gasteiger partial charge in [0, 0.05) is 5.70 Å². The second kappa shape index (κ2) is 5.17. The summed E-state index contributed by atoms with van der Waals surface area (Å²) < 4.78 is 0. The van der Waals surface area contributed by atoms with Gasteiger partial charge in [-0.15, -0.1) is 0 Å². The van der Waals surface area contributed by atoms with Crippen LogP contribution in [0.15, 0.2) is 73.3 Å². The average Bonchev–Trinajstić information content (AvgIpc) is 2.40. The van der Waals surface area contributed by atoms with Crippen LogP contribution in [0.2, 0.25) is 0 Å². The monoisotopic (exact) mass is 221 g/mol. The molecular formula is C16H15N. The van der Waals surface area contributed by atoms with Crippen LogP contribution >= 0.6 is 0 Å². The zero-order valence-corrected chi connectivity index (χ0v) is 9.64. The van der Waals surface area contributed by atoms with Crippen LogP contribution in [0.5, 0.6) is 0 Å². The van der Waals surface area contributed by atoms with Crippen molar-refractivity contribution in [3.63, 3.8) is 0 Å². The Balaban J connectivity index is 2.24. The van der Waals surface area contributed by atoms with E-state index in [1.807, 2.05) is 66.7 Å². The molecule has 17 heavy (non-hydrogen) atoms. The molecule has 0 radical (unpaired) electrons. The number of nitrogens with two attached hydrogens (primary N) is 1. The van der Waals surface area contributed by atoms with E-state index in [1.165, 1.54) is 0 Å². The van der Waals surface area contributed by atoms with Crippen LogP contribution < -0.4 is 5.73 Å². The molecule has 2 rings (SSSR count). The molecule has 0 heterocycles. The van der Waals surface area contributed by atoms with Crippen molar-refractivity contribution >= 4 is 11.3 Å². The van der Waals surface area contributed by atoms with E-state index in [-0.39, 0.29) is 0 Å². The topological polar surface area (TPSA) is 26.0 Å². The van der Waals surface area contributed by atoms with Gasteiger partial charge in [-0.3, -0.25) is 0 Å². The molecule has 0 saturated heterocycles. The summed E-state index contributed by atoms with van der Waals surface area (Å²) in [5, 5.41) is 0. The Morgan fingerprint density at radius 1 is 0.824 bits per heavy atom. The van der Waals surface area contributed by atoms with Crippen LogP contribution in [0.3, 0.4) is 0 Å². The predicted molar refractivity (Wildman–Crippen MR) is 74.1 cm³/mol. The molecule has 1 nitrogen and oxygen atoms in total. The smallest absolute Gasteiger partial charge is 0.0393 e. The molecule has 0 unspecified atom stereocenters. The summed E-state index contributed by atoms with van der Waals surface area (Å²) in [4.78, 5) is 0. The number of hydrogen-bond donors (Lipinski definition) is 1. The average molecular weight is 221 g/mol. The van der Waals surface area contributed by atoms with Gasteiger partial charge in [0.15, 0.2) is 0 Å². The Kier molecular flexibility index (Phi) is 3.41. The summed E-state index contributed by atoms with van der Waals surface area (Å²) in [6, 6.07) is 19.9. The minimum atomic E-state index is 0.736. The second-order valence-corrected chi connectivity index (χ2v) is 3.86. The van der Waals surface area contributed by atoms with Crippen LogP contribution in [0.25, 0.3) is 11.3 Å². The third-order valence-corrected chi connectivity index (χ3v) is 2.58. The van der Waals surface area contributed by atoms with Gasteiger partial charge >= 0.3 is 0 Å². The Bertz CT molecular complexity index is 524. The molecule has 0 bridgehead atoms. The second-order valence-electron chi connectivity index (χ2n) is 3.86. The van der Waals surface area contributed by atoms with Gasteiger partial charge < -0.3 is 5.73 Å². The molecule has 1 heteroatoms. The minimum Gasteiger partial charge on any atom is -0.398 e. The van der Waals surface area contributed by atoms with Crippen LogP contribution in [0.1, 0.15) is 11.1 Å². The molecule has 0 aliphatic rings. The van der Waals surface area contributed by atoms with E-state index in [4.69, 9.17) is 5.73 Å². The van der Waals surface area contributed by atoms with E-state index in [0.29, 0.717) is 0 Å². The van der Waals surface area contributed by atoms with Gasteiger partial charge in [-0.05, 0) is 22.8 Å². The van der Waals surface area contributed by atoms with E-state index in [1.54, 1.807) is 0 Å². The van der Waals surface area contributed by atoms with Gasteiger partial charge in [-0.25, -0.2) is 0 Å². The highest BCUT2D eigenvalue weighted by Gasteiger charge is 1.98. The van der Waals surface area contributed by atoms with Crippen LogP contribution in [-0.2, 0) is 0 Å². The quantitative estimate of drug-likeness (QED) is 0.786. The highest BCUT2D eigenvalue weighted by molar-refractivity contribution is 5.81. The highest BCUT2D eigenvalue weighted by atomic mass is 14.6. The summed E-state index contributed by atoms with van der Waals surface area (Å²) in [6.45, 7) is 4.03. The summed E-state index contributed by atoms with van der Waals surface area (Å²) in [6.07, 6.45) is 1.91. The lowest BCUT2D eigenvalue weighted by atomic mass is 10.0. The number of rotatable bonds is 3. The largest absolute Gasteiger partial charge is 0.398 e. The number of benzene rings is 2. The molecule has 84 valence electrons. The molecule has 0 atom stereocenters. The zero-order chi connectivity index (χ0) is 12.1. The van der Waals surface area contributed by atoms with Crippen molar-refractivity contribution < 1.29 is 0 Å². The predicted octanol–water partition coefficient (Wildman–Crippen LogP) is 3.70. The third kappa shape index (κ3) is 2.85. The summed E-state index contributed by atoms with van der Waals surface area (Å²) >= 11 is 0. The molecule has 0 saturated carbocycles. The fourth-order valence-corrected chi connectivity index (χ4v) is 1.64. The van der Waals surface area contributed by atoms with Gasteiger partial charge in [0.1, 0.15) is 0 Å². The van der Waals surface area contributed by atoms with Crippen LogP contribution in [0.4, 0.5) is 0 Å². The van der Waals surface area contributed by atoms with E-state index in [2.05, 4.69) is 6.58 Å². The van der Waals surface area contributed by atoms with Crippen molar-refractivity contribution in [3.05, 3.63) is 84.4 Å². The van der Waals surface area contributed by atoms with Crippen molar-refractivity contribution in [2.75, 3.05) is 0 Å². The molecule has 0 fully saturated rings. The third-order valence-electron chi connectivity index (χ3n) is 2.58. The Morgan fingerprint density at radius 3 is 1.82 bits per heavy atom. The maximum absolute atomic E-state index is 6.03. The molecule has 2 aromatic rings. The molecule has 2 N–H and O–H groups in total. The number of hydrogen-bond acceptors (Lipinski definition) is 1. The Labute approximate surface area is 102 Å². The summed E-state index contributed by atoms with van der Waals surface area (Å²) in [7, 11) is 0. The van der Waals surface area contributed by atoms with E-state index in [9.17, 15) is 0 Å². The first-order chi connectivity index (χ1) is 8.27. The molecule has 0 spiro atoms. The lowest BCUT2D eigenvalue weighted by Crippen LogP contribution is -1.96. The van der Waals surface area contributed by atoms with Crippen LogP contribution in [-0.4, -0.2) is 0 Å². The fraction of sp³-hybridized carbons (Fsp3) is 0. The van der Waals surface area contributed by atoms with Crippen molar-refractivity contribution in [3.8, 4) is 0 Å². The molecule has 0 aliphatic carbocycles. The summed E-state index contributed by atoms with van der Waals surface area (Å²) in [5.74, 6) is 0. The van der Waals surface area contributed by atoms with Crippen molar-refractivity contribution in [1.29, 1.82) is 0 Å². The van der Waals surface area contributed by atoms with E-state index >= 15 is 0 Å². The molecular weight excluding hydrogens is 206 g/mol. The Morgan fingerprint density at radius 2 is 1.29 bits per heavy atom. The zero-order valence-electron chi connectivity index (χ0n) is 9.64. The number of allylic oxidation sites excluding steroid dienone is 2. The van der Waals surface area contributed by atoms with Gasteiger partial charge in [-0.1, -0.05) is 67.2 Å². The van der Waals surface area contributed by atoms with Gasteiger partial charge in [-0.2, -0.15) is 0 Å². The maximum atomic E-state index is 6.03. The fourth-order valence-electron chi connectivity index (χ4n) is 1.64. The van der Waals surface area contributed by atoms with E-state index < -0.39 is 0 Å².